The van der Waals surface area contributed by atoms with E-state index in [0.717, 1.165) is 12.7 Å². The van der Waals surface area contributed by atoms with Crippen LogP contribution in [-0.4, -0.2) is 16.9 Å². The van der Waals surface area contributed by atoms with Gasteiger partial charge in [-0.25, -0.2) is 0 Å². The highest BCUT2D eigenvalue weighted by Crippen LogP contribution is 2.43. The number of hydrogen-bond donors (Lipinski definition) is 0. The first-order chi connectivity index (χ1) is 5.04. The van der Waals surface area contributed by atoms with E-state index in [0.29, 0.717) is 6.42 Å². The molecule has 0 aromatic rings. The van der Waals surface area contributed by atoms with Crippen molar-refractivity contribution in [2.75, 3.05) is 0 Å². The molecule has 0 N–H and O–H groups in total. The Morgan fingerprint density at radius 3 is 2.00 bits per heavy atom. The average Bonchev–Trinajstić information content (AvgIpc) is 2.41. The van der Waals surface area contributed by atoms with Crippen molar-refractivity contribution in [3.05, 3.63) is 0 Å². The second kappa shape index (κ2) is 4.96. The molecule has 11 heavy (non-hydrogen) atoms. The Morgan fingerprint density at radius 1 is 1.64 bits per heavy atom. The van der Waals surface area contributed by atoms with Crippen molar-refractivity contribution in [2.24, 2.45) is 0 Å². The molecule has 0 bridgehead atoms. The third kappa shape index (κ3) is 5.48. The first kappa shape index (κ1) is 11.2. The summed E-state index contributed by atoms with van der Waals surface area (Å²) in [5, 5.41) is 0. The normalized spacial score (nSPS) is 24.9. The van der Waals surface area contributed by atoms with E-state index in [9.17, 15) is 4.79 Å². The Kier molecular flexibility index (Phi) is 5.06. The largest absolute Gasteiger partial charge is 0.336 e. The van der Waals surface area contributed by atoms with E-state index in [2.05, 4.69) is 4.74 Å². The Bertz CT molecular complexity index is 126. The van der Waals surface area contributed by atoms with Crippen LogP contribution in [0.25, 0.3) is 0 Å². The fraction of sp³-hybridized carbons (Fsp3) is 0.857. The van der Waals surface area contributed by atoms with Gasteiger partial charge in [0.15, 0.2) is 0 Å². The van der Waals surface area contributed by atoms with Gasteiger partial charge >= 0.3 is 0 Å². The number of rotatable bonds is 2. The number of halogens is 2. The Morgan fingerprint density at radius 2 is 2.00 bits per heavy atom. The van der Waals surface area contributed by atoms with Crippen LogP contribution in [0.5, 0.6) is 0 Å². The summed E-state index contributed by atoms with van der Waals surface area (Å²) in [7, 11) is 0. The summed E-state index contributed by atoms with van der Waals surface area (Å²) in [5.41, 5.74) is 0. The number of ether oxygens (including phenoxy) is 1. The zero-order valence-electron chi connectivity index (χ0n) is 6.64. The lowest BCUT2D eigenvalue weighted by Crippen LogP contribution is -1.87. The molecule has 1 aliphatic rings. The molecule has 0 aliphatic carbocycles. The van der Waals surface area contributed by atoms with E-state index in [-0.39, 0.29) is 6.10 Å². The van der Waals surface area contributed by atoms with Crippen molar-refractivity contribution in [2.45, 2.75) is 37.3 Å². The molecule has 66 valence electrons. The molecule has 4 heteroatoms. The summed E-state index contributed by atoms with van der Waals surface area (Å²) >= 11 is 10.7. The maximum atomic E-state index is 9.40. The van der Waals surface area contributed by atoms with E-state index in [1.54, 1.807) is 0 Å². The molecular weight excluding hydrogens is 187 g/mol. The van der Waals surface area contributed by atoms with Gasteiger partial charge in [-0.15, -0.1) is 0 Å². The zero-order chi connectivity index (χ0) is 8.91. The third-order valence-electron chi connectivity index (χ3n) is 1.16. The molecule has 0 aromatic carbocycles. The number of unbranched alkanes of at least 4 members (excludes halogenated alkanes) is 1. The average molecular weight is 199 g/mol. The van der Waals surface area contributed by atoms with E-state index in [4.69, 9.17) is 23.2 Å². The van der Waals surface area contributed by atoms with Gasteiger partial charge < -0.3 is 9.53 Å². The molecule has 1 saturated heterocycles. The number of carbonyl (C=O) groups is 1. The van der Waals surface area contributed by atoms with Gasteiger partial charge in [-0.2, -0.15) is 0 Å². The molecule has 0 amide bonds. The van der Waals surface area contributed by atoms with Crippen molar-refractivity contribution in [1.82, 2.24) is 0 Å². The van der Waals surface area contributed by atoms with Gasteiger partial charge in [0.25, 0.3) is 0 Å². The molecule has 0 aromatic heterocycles. The Hall–Kier alpha value is 0.210. The molecule has 2 nitrogen and oxygen atoms in total. The number of hydrogen-bond acceptors (Lipinski definition) is 2. The van der Waals surface area contributed by atoms with Crippen LogP contribution >= 0.6 is 23.2 Å². The van der Waals surface area contributed by atoms with Gasteiger partial charge in [-0.3, -0.25) is 0 Å². The van der Waals surface area contributed by atoms with Crippen molar-refractivity contribution < 1.29 is 9.53 Å². The van der Waals surface area contributed by atoms with E-state index in [1.165, 1.54) is 0 Å². The van der Waals surface area contributed by atoms with E-state index >= 15 is 0 Å². The lowest BCUT2D eigenvalue weighted by atomic mass is 10.4. The fourth-order valence-electron chi connectivity index (χ4n) is 0.320. The van der Waals surface area contributed by atoms with Crippen LogP contribution in [0.4, 0.5) is 0 Å². The number of alkyl halides is 2. The first-order valence-electron chi connectivity index (χ1n) is 3.53. The quantitative estimate of drug-likeness (QED) is 0.388. The Balaban J connectivity index is 0.000000187. The van der Waals surface area contributed by atoms with E-state index in [1.807, 2.05) is 13.8 Å². The summed E-state index contributed by atoms with van der Waals surface area (Å²) in [5.74, 6) is 0. The minimum atomic E-state index is -0.847. The van der Waals surface area contributed by atoms with Crippen molar-refractivity contribution in [3.63, 3.8) is 0 Å². The standard InChI is InChI=1S/C4H8O.C3H4Cl2O/c1-2-3-4-5;1-2-3(4,5)6-2/h4H,2-3H2,1H3;2H,1H3. The molecule has 1 rings (SSSR count). The highest BCUT2D eigenvalue weighted by Gasteiger charge is 2.50. The van der Waals surface area contributed by atoms with Gasteiger partial charge in [-0.05, 0) is 13.3 Å². The monoisotopic (exact) mass is 198 g/mol. The van der Waals surface area contributed by atoms with Crippen LogP contribution in [0, 0.1) is 0 Å². The van der Waals surface area contributed by atoms with Crippen LogP contribution in [0.1, 0.15) is 26.7 Å². The molecule has 1 aliphatic heterocycles. The minimum absolute atomic E-state index is 0.0285. The van der Waals surface area contributed by atoms with Crippen LogP contribution in [0.2, 0.25) is 0 Å². The van der Waals surface area contributed by atoms with Crippen LogP contribution in [0.3, 0.4) is 0 Å². The molecule has 0 spiro atoms. The summed E-state index contributed by atoms with van der Waals surface area (Å²) < 4.78 is 3.79. The lowest BCUT2D eigenvalue weighted by Gasteiger charge is -1.77. The molecule has 1 unspecified atom stereocenters. The first-order valence-corrected chi connectivity index (χ1v) is 4.29. The molecule has 1 fully saturated rings. The van der Waals surface area contributed by atoms with Gasteiger partial charge in [0, 0.05) is 6.42 Å². The smallest absolute Gasteiger partial charge is 0.244 e. The SMILES string of the molecule is CC1OC1(Cl)Cl.CCCC=O. The second-order valence-corrected chi connectivity index (χ2v) is 3.59. The summed E-state index contributed by atoms with van der Waals surface area (Å²) in [6, 6.07) is 0. The van der Waals surface area contributed by atoms with Crippen LogP contribution < -0.4 is 0 Å². The molecule has 1 heterocycles. The number of carbonyl (C=O) groups excluding carboxylic acids is 1. The van der Waals surface area contributed by atoms with Gasteiger partial charge in [0.1, 0.15) is 12.4 Å². The maximum Gasteiger partial charge on any atom is 0.244 e. The van der Waals surface area contributed by atoms with Crippen molar-refractivity contribution >= 4 is 29.5 Å². The number of epoxide rings is 1. The van der Waals surface area contributed by atoms with Gasteiger partial charge in [0.05, 0.1) is 0 Å². The predicted octanol–water partition coefficient (Wildman–Crippen LogP) is 2.52. The predicted molar refractivity (Wildman–Crippen MR) is 46.0 cm³/mol. The zero-order valence-corrected chi connectivity index (χ0v) is 8.15. The maximum absolute atomic E-state index is 9.40. The summed E-state index contributed by atoms with van der Waals surface area (Å²) in [6.07, 6.45) is 2.64. The van der Waals surface area contributed by atoms with Crippen LogP contribution in [0.15, 0.2) is 0 Å². The van der Waals surface area contributed by atoms with Crippen LogP contribution in [-0.2, 0) is 9.53 Å². The van der Waals surface area contributed by atoms with E-state index < -0.39 is 4.52 Å². The second-order valence-electron chi connectivity index (χ2n) is 2.28. The number of aldehydes is 1. The third-order valence-corrected chi connectivity index (χ3v) is 1.95. The minimum Gasteiger partial charge on any atom is -0.336 e. The summed E-state index contributed by atoms with van der Waals surface area (Å²) in [4.78, 5) is 9.40. The molecule has 0 saturated carbocycles. The van der Waals surface area contributed by atoms with Crippen molar-refractivity contribution in [1.29, 1.82) is 0 Å². The summed E-state index contributed by atoms with van der Waals surface area (Å²) in [6.45, 7) is 3.80. The molecular formula is C7H12Cl2O2. The highest BCUT2D eigenvalue weighted by atomic mass is 35.5. The lowest BCUT2D eigenvalue weighted by molar-refractivity contribution is -0.107. The Labute approximate surface area is 76.8 Å². The topological polar surface area (TPSA) is 29.6 Å². The molecule has 0 radical (unpaired) electrons. The van der Waals surface area contributed by atoms with Crippen molar-refractivity contribution in [3.8, 4) is 0 Å². The molecule has 1 atom stereocenters. The van der Waals surface area contributed by atoms with Gasteiger partial charge in [0.2, 0.25) is 4.52 Å². The fourth-order valence-corrected chi connectivity index (χ4v) is 0.587. The van der Waals surface area contributed by atoms with Gasteiger partial charge in [-0.1, -0.05) is 30.1 Å². The highest BCUT2D eigenvalue weighted by molar-refractivity contribution is 6.49.